The first kappa shape index (κ1) is 12.2. The standard InChI is InChI=1S/C14H22O/c1-4-11(2)5-6-12(3)9-13-7-8-14(15)10-13/h5,10,12H,4,6-9H2,1-3H3/b11-5+. The lowest BCUT2D eigenvalue weighted by Crippen LogP contribution is -1.94. The molecule has 1 nitrogen and oxygen atoms in total. The van der Waals surface area contributed by atoms with Crippen molar-refractivity contribution in [2.75, 3.05) is 0 Å². The molecular formula is C14H22O. The average molecular weight is 206 g/mol. The van der Waals surface area contributed by atoms with Gasteiger partial charge in [-0.1, -0.05) is 31.1 Å². The van der Waals surface area contributed by atoms with E-state index >= 15 is 0 Å². The first-order valence-electron chi connectivity index (χ1n) is 5.99. The number of hydrogen-bond donors (Lipinski definition) is 0. The van der Waals surface area contributed by atoms with Crippen LogP contribution in [0.15, 0.2) is 23.3 Å². The fraction of sp³-hybridized carbons (Fsp3) is 0.643. The molecule has 0 fully saturated rings. The van der Waals surface area contributed by atoms with Crippen molar-refractivity contribution < 1.29 is 4.79 Å². The molecule has 0 radical (unpaired) electrons. The first-order chi connectivity index (χ1) is 7.11. The summed E-state index contributed by atoms with van der Waals surface area (Å²) >= 11 is 0. The Hall–Kier alpha value is -0.850. The number of hydrogen-bond acceptors (Lipinski definition) is 1. The van der Waals surface area contributed by atoms with Crippen LogP contribution in [0.5, 0.6) is 0 Å². The second kappa shape index (κ2) is 5.89. The molecule has 1 aliphatic rings. The summed E-state index contributed by atoms with van der Waals surface area (Å²) in [5.74, 6) is 0.987. The fourth-order valence-electron chi connectivity index (χ4n) is 1.89. The Balaban J connectivity index is 2.33. The first-order valence-corrected chi connectivity index (χ1v) is 5.99. The molecule has 1 unspecified atom stereocenters. The van der Waals surface area contributed by atoms with Gasteiger partial charge in [0.25, 0.3) is 0 Å². The lowest BCUT2D eigenvalue weighted by atomic mass is 9.96. The molecule has 0 amide bonds. The zero-order chi connectivity index (χ0) is 11.3. The van der Waals surface area contributed by atoms with Gasteiger partial charge >= 0.3 is 0 Å². The Kier molecular flexibility index (Phi) is 4.80. The smallest absolute Gasteiger partial charge is 0.155 e. The van der Waals surface area contributed by atoms with Gasteiger partial charge < -0.3 is 0 Å². The summed E-state index contributed by atoms with van der Waals surface area (Å²) in [4.78, 5) is 11.1. The summed E-state index contributed by atoms with van der Waals surface area (Å²) in [6.45, 7) is 6.64. The Morgan fingerprint density at radius 2 is 2.27 bits per heavy atom. The lowest BCUT2D eigenvalue weighted by molar-refractivity contribution is -0.114. The third-order valence-corrected chi connectivity index (χ3v) is 3.09. The summed E-state index contributed by atoms with van der Waals surface area (Å²) in [6.07, 6.45) is 9.32. The maximum Gasteiger partial charge on any atom is 0.155 e. The van der Waals surface area contributed by atoms with Gasteiger partial charge in [-0.3, -0.25) is 4.79 Å². The van der Waals surface area contributed by atoms with E-state index in [-0.39, 0.29) is 0 Å². The number of ketones is 1. The van der Waals surface area contributed by atoms with E-state index in [2.05, 4.69) is 26.8 Å². The van der Waals surface area contributed by atoms with Gasteiger partial charge in [0.05, 0.1) is 0 Å². The second-order valence-corrected chi connectivity index (χ2v) is 4.72. The largest absolute Gasteiger partial charge is 0.295 e. The van der Waals surface area contributed by atoms with Crippen molar-refractivity contribution in [1.82, 2.24) is 0 Å². The summed E-state index contributed by atoms with van der Waals surface area (Å²) in [7, 11) is 0. The summed E-state index contributed by atoms with van der Waals surface area (Å²) in [5.41, 5.74) is 2.83. The van der Waals surface area contributed by atoms with Crippen LogP contribution < -0.4 is 0 Å². The van der Waals surface area contributed by atoms with Crippen LogP contribution in [0.25, 0.3) is 0 Å². The molecule has 1 rings (SSSR count). The van der Waals surface area contributed by atoms with Gasteiger partial charge in [0.2, 0.25) is 0 Å². The van der Waals surface area contributed by atoms with Gasteiger partial charge in [-0.15, -0.1) is 0 Å². The van der Waals surface area contributed by atoms with Crippen LogP contribution in [0.3, 0.4) is 0 Å². The predicted octanol–water partition coefficient (Wildman–Crippen LogP) is 4.05. The summed E-state index contributed by atoms with van der Waals surface area (Å²) in [5, 5.41) is 0. The molecule has 0 aromatic rings. The van der Waals surface area contributed by atoms with E-state index in [0.717, 1.165) is 32.1 Å². The highest BCUT2D eigenvalue weighted by Gasteiger charge is 2.13. The van der Waals surface area contributed by atoms with Crippen LogP contribution in [0.2, 0.25) is 0 Å². The van der Waals surface area contributed by atoms with E-state index in [1.807, 2.05) is 6.08 Å². The Labute approximate surface area is 93.3 Å². The highest BCUT2D eigenvalue weighted by atomic mass is 16.1. The van der Waals surface area contributed by atoms with Gasteiger partial charge in [0.1, 0.15) is 0 Å². The SMILES string of the molecule is CC/C(C)=C/CC(C)CC1=CC(=O)CC1. The molecule has 15 heavy (non-hydrogen) atoms. The monoisotopic (exact) mass is 206 g/mol. The molecule has 1 heteroatoms. The normalized spacial score (nSPS) is 19.3. The van der Waals surface area contributed by atoms with Crippen LogP contribution >= 0.6 is 0 Å². The van der Waals surface area contributed by atoms with Gasteiger partial charge in [-0.05, 0) is 44.6 Å². The minimum atomic E-state index is 0.317. The van der Waals surface area contributed by atoms with Crippen molar-refractivity contribution in [1.29, 1.82) is 0 Å². The minimum Gasteiger partial charge on any atom is -0.295 e. The van der Waals surface area contributed by atoms with Crippen LogP contribution in [0, 0.1) is 5.92 Å². The van der Waals surface area contributed by atoms with E-state index in [0.29, 0.717) is 11.7 Å². The molecule has 0 aromatic carbocycles. The molecule has 1 atom stereocenters. The third-order valence-electron chi connectivity index (χ3n) is 3.09. The second-order valence-electron chi connectivity index (χ2n) is 4.72. The lowest BCUT2D eigenvalue weighted by Gasteiger charge is -2.09. The minimum absolute atomic E-state index is 0.317. The van der Waals surface area contributed by atoms with Crippen molar-refractivity contribution in [3.05, 3.63) is 23.3 Å². The van der Waals surface area contributed by atoms with Crippen LogP contribution in [0.4, 0.5) is 0 Å². The molecular weight excluding hydrogens is 184 g/mol. The van der Waals surface area contributed by atoms with Crippen LogP contribution in [-0.2, 0) is 4.79 Å². The maximum absolute atomic E-state index is 11.1. The maximum atomic E-state index is 11.1. The molecule has 0 aromatic heterocycles. The van der Waals surface area contributed by atoms with E-state index in [1.165, 1.54) is 11.1 Å². The topological polar surface area (TPSA) is 17.1 Å². The Bertz CT molecular complexity index is 284. The van der Waals surface area contributed by atoms with Crippen molar-refractivity contribution in [3.8, 4) is 0 Å². The fourth-order valence-corrected chi connectivity index (χ4v) is 1.89. The third kappa shape index (κ3) is 4.46. The summed E-state index contributed by atoms with van der Waals surface area (Å²) in [6, 6.07) is 0. The molecule has 0 aliphatic heterocycles. The van der Waals surface area contributed by atoms with Crippen molar-refractivity contribution in [2.24, 2.45) is 5.92 Å². The van der Waals surface area contributed by atoms with E-state index in [9.17, 15) is 4.79 Å². The van der Waals surface area contributed by atoms with Gasteiger partial charge in [0, 0.05) is 6.42 Å². The van der Waals surface area contributed by atoms with Crippen molar-refractivity contribution in [2.45, 2.75) is 52.9 Å². The highest BCUT2D eigenvalue weighted by Crippen LogP contribution is 2.24. The van der Waals surface area contributed by atoms with Gasteiger partial charge in [0.15, 0.2) is 5.78 Å². The molecule has 1 aliphatic carbocycles. The molecule has 0 heterocycles. The van der Waals surface area contributed by atoms with E-state index in [4.69, 9.17) is 0 Å². The summed E-state index contributed by atoms with van der Waals surface area (Å²) < 4.78 is 0. The van der Waals surface area contributed by atoms with Gasteiger partial charge in [-0.25, -0.2) is 0 Å². The van der Waals surface area contributed by atoms with Crippen molar-refractivity contribution in [3.63, 3.8) is 0 Å². The average Bonchev–Trinajstić information content (AvgIpc) is 2.60. The molecule has 0 saturated carbocycles. The molecule has 0 bridgehead atoms. The van der Waals surface area contributed by atoms with Crippen LogP contribution in [0.1, 0.15) is 52.9 Å². The quantitative estimate of drug-likeness (QED) is 0.620. The zero-order valence-corrected chi connectivity index (χ0v) is 10.2. The Morgan fingerprint density at radius 3 is 2.80 bits per heavy atom. The number of rotatable bonds is 5. The van der Waals surface area contributed by atoms with Crippen LogP contribution in [-0.4, -0.2) is 5.78 Å². The molecule has 0 N–H and O–H groups in total. The molecule has 84 valence electrons. The predicted molar refractivity (Wildman–Crippen MR) is 64.8 cm³/mol. The molecule has 0 spiro atoms. The zero-order valence-electron chi connectivity index (χ0n) is 10.2. The number of allylic oxidation sites excluding steroid dienone is 4. The highest BCUT2D eigenvalue weighted by molar-refractivity contribution is 5.92. The van der Waals surface area contributed by atoms with E-state index in [1.54, 1.807) is 0 Å². The van der Waals surface area contributed by atoms with Gasteiger partial charge in [-0.2, -0.15) is 0 Å². The molecule has 0 saturated heterocycles. The Morgan fingerprint density at radius 1 is 1.53 bits per heavy atom. The number of carbonyl (C=O) groups is 1. The number of carbonyl (C=O) groups excluding carboxylic acids is 1. The van der Waals surface area contributed by atoms with Crippen molar-refractivity contribution >= 4 is 5.78 Å². The van der Waals surface area contributed by atoms with E-state index < -0.39 is 0 Å².